The lowest BCUT2D eigenvalue weighted by molar-refractivity contribution is 0.0975. The molecule has 0 aromatic heterocycles. The van der Waals surface area contributed by atoms with Crippen LogP contribution in [0, 0.1) is 12.7 Å². The molecule has 2 aliphatic heterocycles. The molecule has 1 amide bonds. The summed E-state index contributed by atoms with van der Waals surface area (Å²) in [5.74, 6) is -0.108. The second-order valence-corrected chi connectivity index (χ2v) is 11.4. The molecular formula is C31H35FN2O. The van der Waals surface area contributed by atoms with Crippen molar-refractivity contribution in [2.24, 2.45) is 0 Å². The van der Waals surface area contributed by atoms with Gasteiger partial charge in [-0.05, 0) is 85.3 Å². The molecule has 2 aliphatic rings. The number of amides is 1. The third-order valence-corrected chi connectivity index (χ3v) is 7.85. The van der Waals surface area contributed by atoms with Gasteiger partial charge in [0.1, 0.15) is 5.82 Å². The first-order valence-electron chi connectivity index (χ1n) is 12.7. The standard InChI is InChI=1S/C31H35FN2O/c1-22-5-14-28-27(19-22)31(15-17-33(18-16-31)20-23-6-12-26(32)13-7-23)21-34(28)29(35)24-8-10-25(11-9-24)30(2,3)4/h5-14,19H,15-18,20-21H2,1-4H3. The highest BCUT2D eigenvalue weighted by molar-refractivity contribution is 6.07. The van der Waals surface area contributed by atoms with Gasteiger partial charge in [0.15, 0.2) is 0 Å². The minimum absolute atomic E-state index is 0.0122. The van der Waals surface area contributed by atoms with Crippen molar-refractivity contribution < 1.29 is 9.18 Å². The van der Waals surface area contributed by atoms with E-state index in [9.17, 15) is 9.18 Å². The Bertz CT molecular complexity index is 1220. The smallest absolute Gasteiger partial charge is 0.258 e. The van der Waals surface area contributed by atoms with Crippen LogP contribution in [0.15, 0.2) is 66.7 Å². The summed E-state index contributed by atoms with van der Waals surface area (Å²) < 4.78 is 13.3. The quantitative estimate of drug-likeness (QED) is 0.429. The molecule has 0 bridgehead atoms. The second kappa shape index (κ2) is 8.91. The number of carbonyl (C=O) groups excluding carboxylic acids is 1. The lowest BCUT2D eigenvalue weighted by Gasteiger charge is -2.40. The van der Waals surface area contributed by atoms with Gasteiger partial charge < -0.3 is 4.90 Å². The van der Waals surface area contributed by atoms with Gasteiger partial charge >= 0.3 is 0 Å². The van der Waals surface area contributed by atoms with Crippen LogP contribution >= 0.6 is 0 Å². The third-order valence-electron chi connectivity index (χ3n) is 7.85. The molecule has 35 heavy (non-hydrogen) atoms. The maximum absolute atomic E-state index is 13.7. The molecule has 0 radical (unpaired) electrons. The Balaban J connectivity index is 1.37. The van der Waals surface area contributed by atoms with Crippen LogP contribution in [0.4, 0.5) is 10.1 Å². The van der Waals surface area contributed by atoms with Crippen molar-refractivity contribution in [1.82, 2.24) is 4.90 Å². The molecular weight excluding hydrogens is 435 g/mol. The molecule has 3 aromatic carbocycles. The number of hydrogen-bond acceptors (Lipinski definition) is 2. The number of hydrogen-bond donors (Lipinski definition) is 0. The van der Waals surface area contributed by atoms with Crippen molar-refractivity contribution in [1.29, 1.82) is 0 Å². The summed E-state index contributed by atoms with van der Waals surface area (Å²) in [7, 11) is 0. The van der Waals surface area contributed by atoms with Crippen LogP contribution in [-0.4, -0.2) is 30.4 Å². The first-order chi connectivity index (χ1) is 16.6. The van der Waals surface area contributed by atoms with Crippen molar-refractivity contribution in [3.05, 3.63) is 100 Å². The molecule has 2 heterocycles. The Morgan fingerprint density at radius 2 is 1.60 bits per heavy atom. The number of halogens is 1. The van der Waals surface area contributed by atoms with Gasteiger partial charge in [-0.2, -0.15) is 0 Å². The molecule has 5 rings (SSSR count). The zero-order valence-electron chi connectivity index (χ0n) is 21.3. The normalized spacial score (nSPS) is 17.6. The summed E-state index contributed by atoms with van der Waals surface area (Å²) >= 11 is 0. The Morgan fingerprint density at radius 1 is 0.943 bits per heavy atom. The minimum Gasteiger partial charge on any atom is -0.307 e. The van der Waals surface area contributed by atoms with E-state index in [0.717, 1.165) is 55.8 Å². The van der Waals surface area contributed by atoms with Gasteiger partial charge in [-0.3, -0.25) is 9.69 Å². The molecule has 0 atom stereocenters. The van der Waals surface area contributed by atoms with E-state index in [2.05, 4.69) is 62.9 Å². The van der Waals surface area contributed by atoms with Crippen molar-refractivity contribution in [3.8, 4) is 0 Å². The first-order valence-corrected chi connectivity index (χ1v) is 12.7. The van der Waals surface area contributed by atoms with Gasteiger partial charge in [0.2, 0.25) is 0 Å². The van der Waals surface area contributed by atoms with Crippen LogP contribution in [0.25, 0.3) is 0 Å². The number of aryl methyl sites for hydroxylation is 1. The predicted molar refractivity (Wildman–Crippen MR) is 141 cm³/mol. The highest BCUT2D eigenvalue weighted by atomic mass is 19.1. The fourth-order valence-electron chi connectivity index (χ4n) is 5.65. The topological polar surface area (TPSA) is 23.6 Å². The largest absolute Gasteiger partial charge is 0.307 e. The van der Waals surface area contributed by atoms with Gasteiger partial charge in [0.05, 0.1) is 0 Å². The second-order valence-electron chi connectivity index (χ2n) is 11.4. The van der Waals surface area contributed by atoms with Gasteiger partial charge in [-0.25, -0.2) is 4.39 Å². The van der Waals surface area contributed by atoms with Crippen LogP contribution in [0.3, 0.4) is 0 Å². The molecule has 1 fully saturated rings. The zero-order valence-corrected chi connectivity index (χ0v) is 21.3. The van der Waals surface area contributed by atoms with Gasteiger partial charge in [-0.15, -0.1) is 0 Å². The molecule has 0 aliphatic carbocycles. The van der Waals surface area contributed by atoms with Crippen molar-refractivity contribution in [2.45, 2.75) is 57.9 Å². The van der Waals surface area contributed by atoms with E-state index in [0.29, 0.717) is 0 Å². The Labute approximate surface area is 208 Å². The molecule has 3 nitrogen and oxygen atoms in total. The Morgan fingerprint density at radius 3 is 2.23 bits per heavy atom. The summed E-state index contributed by atoms with van der Waals surface area (Å²) in [4.78, 5) is 18.2. The number of benzene rings is 3. The summed E-state index contributed by atoms with van der Waals surface area (Å²) in [6, 6.07) is 21.5. The minimum atomic E-state index is -0.193. The van der Waals surface area contributed by atoms with Crippen LogP contribution in [-0.2, 0) is 17.4 Å². The van der Waals surface area contributed by atoms with Crippen molar-refractivity contribution >= 4 is 11.6 Å². The number of nitrogens with zero attached hydrogens (tertiary/aromatic N) is 2. The average molecular weight is 471 g/mol. The number of carbonyl (C=O) groups is 1. The van der Waals surface area contributed by atoms with Gasteiger partial charge in [0, 0.05) is 29.8 Å². The monoisotopic (exact) mass is 470 g/mol. The highest BCUT2D eigenvalue weighted by Gasteiger charge is 2.46. The van der Waals surface area contributed by atoms with E-state index in [1.807, 2.05) is 29.2 Å². The Kier molecular flexibility index (Phi) is 6.04. The predicted octanol–water partition coefficient (Wildman–Crippen LogP) is 6.63. The fraction of sp³-hybridized carbons (Fsp3) is 0.387. The molecule has 0 N–H and O–H groups in total. The summed E-state index contributed by atoms with van der Waals surface area (Å²) in [5, 5.41) is 0. The molecule has 1 spiro atoms. The molecule has 4 heteroatoms. The van der Waals surface area contributed by atoms with E-state index in [-0.39, 0.29) is 22.6 Å². The highest BCUT2D eigenvalue weighted by Crippen LogP contribution is 2.48. The van der Waals surface area contributed by atoms with Crippen LogP contribution in [0.2, 0.25) is 0 Å². The molecule has 3 aromatic rings. The van der Waals surface area contributed by atoms with Crippen LogP contribution < -0.4 is 4.90 Å². The average Bonchev–Trinajstić information content (AvgIpc) is 3.14. The van der Waals surface area contributed by atoms with E-state index in [1.165, 1.54) is 28.8 Å². The summed E-state index contributed by atoms with van der Waals surface area (Å²) in [6.45, 7) is 12.2. The van der Waals surface area contributed by atoms with E-state index >= 15 is 0 Å². The SMILES string of the molecule is Cc1ccc2c(c1)C1(CCN(Cc3ccc(F)cc3)CC1)CN2C(=O)c1ccc(C(C)(C)C)cc1. The van der Waals surface area contributed by atoms with Crippen molar-refractivity contribution in [3.63, 3.8) is 0 Å². The maximum Gasteiger partial charge on any atom is 0.258 e. The number of likely N-dealkylation sites (tertiary alicyclic amines) is 1. The molecule has 182 valence electrons. The third kappa shape index (κ3) is 4.64. The number of fused-ring (bicyclic) bond motifs is 2. The maximum atomic E-state index is 13.7. The molecule has 1 saturated heterocycles. The van der Waals surface area contributed by atoms with Gasteiger partial charge in [0.25, 0.3) is 5.91 Å². The summed E-state index contributed by atoms with van der Waals surface area (Å²) in [6.07, 6.45) is 2.02. The molecule has 0 unspecified atom stereocenters. The fourth-order valence-corrected chi connectivity index (χ4v) is 5.65. The number of piperidine rings is 1. The lowest BCUT2D eigenvalue weighted by atomic mass is 9.74. The molecule has 0 saturated carbocycles. The Hall–Kier alpha value is -2.98. The zero-order chi connectivity index (χ0) is 24.8. The van der Waals surface area contributed by atoms with E-state index < -0.39 is 0 Å². The summed E-state index contributed by atoms with van der Waals surface area (Å²) in [5.41, 5.74) is 6.78. The number of rotatable bonds is 3. The van der Waals surface area contributed by atoms with Gasteiger partial charge in [-0.1, -0.05) is 62.7 Å². The van der Waals surface area contributed by atoms with Crippen LogP contribution in [0.5, 0.6) is 0 Å². The van der Waals surface area contributed by atoms with E-state index in [4.69, 9.17) is 0 Å². The van der Waals surface area contributed by atoms with E-state index in [1.54, 1.807) is 0 Å². The van der Waals surface area contributed by atoms with Crippen molar-refractivity contribution in [2.75, 3.05) is 24.5 Å². The first kappa shape index (κ1) is 23.7. The lowest BCUT2D eigenvalue weighted by Crippen LogP contribution is -2.45. The number of anilines is 1. The van der Waals surface area contributed by atoms with Crippen LogP contribution in [0.1, 0.15) is 66.2 Å².